The van der Waals surface area contributed by atoms with E-state index >= 15 is 0 Å². The summed E-state index contributed by atoms with van der Waals surface area (Å²) in [5.74, 6) is -0.652. The monoisotopic (exact) mass is 595 g/mol. The van der Waals surface area contributed by atoms with Crippen LogP contribution in [-0.4, -0.2) is 40.1 Å². The summed E-state index contributed by atoms with van der Waals surface area (Å²) in [6, 6.07) is 17.5. The molecule has 1 heterocycles. The van der Waals surface area contributed by atoms with Gasteiger partial charge in [0.1, 0.15) is 0 Å². The second-order valence-electron chi connectivity index (χ2n) is 9.20. The van der Waals surface area contributed by atoms with E-state index in [1.165, 1.54) is 46.8 Å². The molecule has 3 aromatic rings. The van der Waals surface area contributed by atoms with Gasteiger partial charge in [0.2, 0.25) is 15.9 Å². The SMILES string of the molecule is Cc1cccc(CS(=O)(=O)N2CCC(C(=O)Nc3ccc(S(=O)(=O)Nc4cc(Cl)cc(Cl)c4)cc3)CC2)c1. The maximum absolute atomic E-state index is 12.9. The van der Waals surface area contributed by atoms with Crippen LogP contribution < -0.4 is 10.0 Å². The zero-order valence-electron chi connectivity index (χ0n) is 20.5. The van der Waals surface area contributed by atoms with Crippen LogP contribution >= 0.6 is 23.2 Å². The van der Waals surface area contributed by atoms with E-state index in [1.807, 2.05) is 25.1 Å². The third-order valence-corrected chi connectivity index (χ3v) is 9.88. The van der Waals surface area contributed by atoms with Gasteiger partial charge < -0.3 is 5.32 Å². The molecule has 202 valence electrons. The van der Waals surface area contributed by atoms with Crippen LogP contribution in [0.1, 0.15) is 24.0 Å². The largest absolute Gasteiger partial charge is 0.326 e. The van der Waals surface area contributed by atoms with Gasteiger partial charge in [0, 0.05) is 34.7 Å². The molecule has 1 saturated heterocycles. The van der Waals surface area contributed by atoms with E-state index in [-0.39, 0.29) is 41.3 Å². The lowest BCUT2D eigenvalue weighted by molar-refractivity contribution is -0.120. The van der Waals surface area contributed by atoms with Crippen LogP contribution in [0.3, 0.4) is 0 Å². The average molecular weight is 597 g/mol. The highest BCUT2D eigenvalue weighted by Gasteiger charge is 2.31. The average Bonchev–Trinajstić information content (AvgIpc) is 2.83. The van der Waals surface area contributed by atoms with Gasteiger partial charge in [0.15, 0.2) is 0 Å². The lowest BCUT2D eigenvalue weighted by atomic mass is 9.97. The third kappa shape index (κ3) is 7.27. The molecule has 0 aromatic heterocycles. The van der Waals surface area contributed by atoms with Crippen molar-refractivity contribution in [2.24, 2.45) is 5.92 Å². The summed E-state index contributed by atoms with van der Waals surface area (Å²) in [7, 11) is -7.38. The first-order valence-corrected chi connectivity index (χ1v) is 15.7. The van der Waals surface area contributed by atoms with Crippen molar-refractivity contribution in [3.8, 4) is 0 Å². The Bertz CT molecular complexity index is 1520. The molecule has 0 radical (unpaired) electrons. The molecule has 38 heavy (non-hydrogen) atoms. The fourth-order valence-electron chi connectivity index (χ4n) is 4.29. The Morgan fingerprint density at radius 3 is 2.13 bits per heavy atom. The minimum Gasteiger partial charge on any atom is -0.326 e. The van der Waals surface area contributed by atoms with Crippen LogP contribution in [0.2, 0.25) is 10.0 Å². The first-order valence-electron chi connectivity index (χ1n) is 11.8. The summed E-state index contributed by atoms with van der Waals surface area (Å²) < 4.78 is 55.0. The second kappa shape index (κ2) is 11.6. The van der Waals surface area contributed by atoms with E-state index in [0.717, 1.165) is 11.1 Å². The number of rotatable bonds is 8. The molecule has 1 aliphatic rings. The van der Waals surface area contributed by atoms with Crippen molar-refractivity contribution in [1.29, 1.82) is 0 Å². The van der Waals surface area contributed by atoms with Crippen molar-refractivity contribution in [2.75, 3.05) is 23.1 Å². The molecule has 2 N–H and O–H groups in total. The molecule has 1 fully saturated rings. The number of aryl methyl sites for hydroxylation is 1. The van der Waals surface area contributed by atoms with Gasteiger partial charge in [-0.05, 0) is 67.8 Å². The van der Waals surface area contributed by atoms with Gasteiger partial charge in [-0.2, -0.15) is 0 Å². The highest BCUT2D eigenvalue weighted by molar-refractivity contribution is 7.92. The van der Waals surface area contributed by atoms with E-state index < -0.39 is 20.0 Å². The number of carbonyl (C=O) groups excluding carboxylic acids is 1. The number of anilines is 2. The fourth-order valence-corrected chi connectivity index (χ4v) is 7.41. The van der Waals surface area contributed by atoms with Gasteiger partial charge in [0.05, 0.1) is 16.3 Å². The van der Waals surface area contributed by atoms with E-state index in [9.17, 15) is 21.6 Å². The van der Waals surface area contributed by atoms with Gasteiger partial charge >= 0.3 is 0 Å². The van der Waals surface area contributed by atoms with Crippen molar-refractivity contribution < 1.29 is 21.6 Å². The van der Waals surface area contributed by atoms with Crippen molar-refractivity contribution in [3.63, 3.8) is 0 Å². The number of amides is 1. The molecule has 1 amide bonds. The molecular weight excluding hydrogens is 569 g/mol. The minimum atomic E-state index is -3.90. The number of nitrogens with zero attached hydrogens (tertiary/aromatic N) is 1. The first-order chi connectivity index (χ1) is 17.9. The predicted molar refractivity (Wildman–Crippen MR) is 150 cm³/mol. The van der Waals surface area contributed by atoms with Gasteiger partial charge in [-0.15, -0.1) is 0 Å². The maximum Gasteiger partial charge on any atom is 0.261 e. The Labute approximate surface area is 233 Å². The van der Waals surface area contributed by atoms with Crippen LogP contribution in [0.25, 0.3) is 0 Å². The van der Waals surface area contributed by atoms with Crippen LogP contribution in [0, 0.1) is 12.8 Å². The molecule has 3 aromatic carbocycles. The molecule has 0 spiro atoms. The molecular formula is C26H27Cl2N3O5S2. The summed E-state index contributed by atoms with van der Waals surface area (Å²) in [6.07, 6.45) is 0.801. The number of hydrogen-bond acceptors (Lipinski definition) is 5. The molecule has 1 aliphatic heterocycles. The van der Waals surface area contributed by atoms with Gasteiger partial charge in [-0.1, -0.05) is 53.0 Å². The molecule has 0 bridgehead atoms. The Morgan fingerprint density at radius 1 is 0.895 bits per heavy atom. The zero-order chi connectivity index (χ0) is 27.5. The van der Waals surface area contributed by atoms with Crippen LogP contribution in [0.15, 0.2) is 71.6 Å². The lowest BCUT2D eigenvalue weighted by Gasteiger charge is -2.30. The van der Waals surface area contributed by atoms with Crippen LogP contribution in [0.5, 0.6) is 0 Å². The van der Waals surface area contributed by atoms with E-state index in [4.69, 9.17) is 23.2 Å². The number of nitrogens with one attached hydrogen (secondary N) is 2. The molecule has 8 nitrogen and oxygen atoms in total. The summed E-state index contributed by atoms with van der Waals surface area (Å²) in [6.45, 7) is 2.45. The number of hydrogen-bond donors (Lipinski definition) is 2. The van der Waals surface area contributed by atoms with Crippen molar-refractivity contribution >= 4 is 60.5 Å². The highest BCUT2D eigenvalue weighted by Crippen LogP contribution is 2.26. The minimum absolute atomic E-state index is 0.00118. The van der Waals surface area contributed by atoms with E-state index in [0.29, 0.717) is 28.6 Å². The van der Waals surface area contributed by atoms with Crippen LogP contribution in [-0.2, 0) is 30.6 Å². The molecule has 0 unspecified atom stereocenters. The van der Waals surface area contributed by atoms with Gasteiger partial charge in [-0.25, -0.2) is 21.1 Å². The normalized spacial score (nSPS) is 15.2. The zero-order valence-corrected chi connectivity index (χ0v) is 23.7. The Morgan fingerprint density at radius 2 is 1.53 bits per heavy atom. The van der Waals surface area contributed by atoms with E-state index in [1.54, 1.807) is 6.07 Å². The fraction of sp³-hybridized carbons (Fsp3) is 0.269. The third-order valence-electron chi connectivity index (χ3n) is 6.20. The molecule has 12 heteroatoms. The van der Waals surface area contributed by atoms with Crippen molar-refractivity contribution in [3.05, 3.63) is 87.9 Å². The number of benzene rings is 3. The Balaban J connectivity index is 1.32. The second-order valence-corrected chi connectivity index (χ2v) is 13.7. The Hall–Kier alpha value is -2.63. The standard InChI is InChI=1S/C26H27Cl2N3O5S2/c1-18-3-2-4-19(13-18)17-37(33,34)31-11-9-20(10-12-31)26(32)29-23-5-7-25(8-6-23)38(35,36)30-24-15-21(27)14-22(28)16-24/h2-8,13-16,20,30H,9-12,17H2,1H3,(H,29,32). The summed E-state index contributed by atoms with van der Waals surface area (Å²) >= 11 is 11.9. The van der Waals surface area contributed by atoms with Crippen molar-refractivity contribution in [1.82, 2.24) is 4.31 Å². The van der Waals surface area contributed by atoms with Gasteiger partial charge in [0.25, 0.3) is 10.0 Å². The lowest BCUT2D eigenvalue weighted by Crippen LogP contribution is -2.41. The topological polar surface area (TPSA) is 113 Å². The summed E-state index contributed by atoms with van der Waals surface area (Å²) in [5.41, 5.74) is 2.41. The molecule has 0 atom stereocenters. The van der Waals surface area contributed by atoms with Crippen LogP contribution in [0.4, 0.5) is 11.4 Å². The summed E-state index contributed by atoms with van der Waals surface area (Å²) in [4.78, 5) is 12.8. The number of carbonyl (C=O) groups is 1. The molecule has 0 aliphatic carbocycles. The van der Waals surface area contributed by atoms with Crippen molar-refractivity contribution in [2.45, 2.75) is 30.4 Å². The highest BCUT2D eigenvalue weighted by atomic mass is 35.5. The first kappa shape index (κ1) is 28.4. The maximum atomic E-state index is 12.9. The quantitative estimate of drug-likeness (QED) is 0.367. The smallest absolute Gasteiger partial charge is 0.261 e. The molecule has 0 saturated carbocycles. The Kier molecular flexibility index (Phi) is 8.68. The summed E-state index contributed by atoms with van der Waals surface area (Å²) in [5, 5.41) is 3.39. The van der Waals surface area contributed by atoms with E-state index in [2.05, 4.69) is 10.0 Å². The predicted octanol–water partition coefficient (Wildman–Crippen LogP) is 5.28. The number of piperidine rings is 1. The number of sulfonamides is 2. The number of halogens is 2. The molecule has 4 rings (SSSR count). The van der Waals surface area contributed by atoms with Gasteiger partial charge in [-0.3, -0.25) is 9.52 Å².